The Labute approximate surface area is 112 Å². The first-order valence-electron chi connectivity index (χ1n) is 6.81. The molecule has 0 N–H and O–H groups in total. The van der Waals surface area contributed by atoms with E-state index in [1.54, 1.807) is 12.1 Å². The number of aldehydes is 1. The van der Waals surface area contributed by atoms with Gasteiger partial charge in [-0.2, -0.15) is 0 Å². The summed E-state index contributed by atoms with van der Waals surface area (Å²) in [5.74, 6) is 2.57. The molecule has 1 aliphatic heterocycles. The van der Waals surface area contributed by atoms with Gasteiger partial charge in [0, 0.05) is 6.07 Å². The van der Waals surface area contributed by atoms with E-state index < -0.39 is 0 Å². The van der Waals surface area contributed by atoms with Crippen molar-refractivity contribution in [1.29, 1.82) is 0 Å². The average Bonchev–Trinajstić information content (AvgIpc) is 2.85. The van der Waals surface area contributed by atoms with Crippen LogP contribution in [0.1, 0.15) is 43.0 Å². The van der Waals surface area contributed by atoms with Crippen LogP contribution in [0, 0.1) is 5.92 Å². The highest BCUT2D eigenvalue weighted by molar-refractivity contribution is 5.81. The largest absolute Gasteiger partial charge is 0.490 e. The van der Waals surface area contributed by atoms with E-state index >= 15 is 0 Å². The normalized spacial score (nSPS) is 25.1. The van der Waals surface area contributed by atoms with Crippen molar-refractivity contribution in [2.45, 2.75) is 38.7 Å². The molecular formula is C15H18O4. The molecule has 2 atom stereocenters. The second kappa shape index (κ2) is 5.11. The summed E-state index contributed by atoms with van der Waals surface area (Å²) < 4.78 is 16.6. The molecule has 0 saturated heterocycles. The van der Waals surface area contributed by atoms with Gasteiger partial charge in [0.15, 0.2) is 17.8 Å². The predicted octanol–water partition coefficient (Wildman–Crippen LogP) is 3.19. The van der Waals surface area contributed by atoms with Crippen molar-refractivity contribution in [3.05, 3.63) is 17.7 Å². The van der Waals surface area contributed by atoms with Crippen LogP contribution in [0.3, 0.4) is 0 Å². The first-order valence-corrected chi connectivity index (χ1v) is 6.81. The van der Waals surface area contributed by atoms with Crippen molar-refractivity contribution >= 4 is 6.29 Å². The smallest absolute Gasteiger partial charge is 0.231 e. The Balaban J connectivity index is 1.81. The van der Waals surface area contributed by atoms with Gasteiger partial charge in [0.25, 0.3) is 0 Å². The highest BCUT2D eigenvalue weighted by atomic mass is 16.7. The third-order valence-electron chi connectivity index (χ3n) is 3.81. The first kappa shape index (κ1) is 12.3. The SMILES string of the molecule is CC1CCCC(Oc2cc3c(cc2C=O)OCO3)C1. The third kappa shape index (κ3) is 2.53. The van der Waals surface area contributed by atoms with Crippen molar-refractivity contribution in [3.63, 3.8) is 0 Å². The fraction of sp³-hybridized carbons (Fsp3) is 0.533. The zero-order chi connectivity index (χ0) is 13.2. The molecule has 0 radical (unpaired) electrons. The number of hydrogen-bond donors (Lipinski definition) is 0. The first-order chi connectivity index (χ1) is 9.26. The van der Waals surface area contributed by atoms with Crippen LogP contribution in [0.5, 0.6) is 17.2 Å². The minimum Gasteiger partial charge on any atom is -0.490 e. The summed E-state index contributed by atoms with van der Waals surface area (Å²) in [7, 11) is 0. The van der Waals surface area contributed by atoms with E-state index in [9.17, 15) is 4.79 Å². The van der Waals surface area contributed by atoms with E-state index in [0.717, 1.165) is 19.1 Å². The van der Waals surface area contributed by atoms with Crippen LogP contribution >= 0.6 is 0 Å². The molecule has 102 valence electrons. The number of benzene rings is 1. The van der Waals surface area contributed by atoms with Crippen molar-refractivity contribution in [3.8, 4) is 17.2 Å². The summed E-state index contributed by atoms with van der Waals surface area (Å²) >= 11 is 0. The number of hydrogen-bond acceptors (Lipinski definition) is 4. The maximum Gasteiger partial charge on any atom is 0.231 e. The number of rotatable bonds is 3. The van der Waals surface area contributed by atoms with Crippen LogP contribution in [0.2, 0.25) is 0 Å². The zero-order valence-electron chi connectivity index (χ0n) is 11.1. The molecule has 0 aromatic heterocycles. The molecule has 2 unspecified atom stereocenters. The molecular weight excluding hydrogens is 244 g/mol. The highest BCUT2D eigenvalue weighted by Gasteiger charge is 2.23. The van der Waals surface area contributed by atoms with E-state index in [0.29, 0.717) is 28.7 Å². The van der Waals surface area contributed by atoms with Gasteiger partial charge in [0.2, 0.25) is 6.79 Å². The van der Waals surface area contributed by atoms with Gasteiger partial charge in [0.05, 0.1) is 11.7 Å². The molecule has 0 amide bonds. The fourth-order valence-electron chi connectivity index (χ4n) is 2.80. The van der Waals surface area contributed by atoms with Crippen LogP contribution in [0.4, 0.5) is 0 Å². The maximum atomic E-state index is 11.2. The summed E-state index contributed by atoms with van der Waals surface area (Å²) in [6.07, 6.45) is 5.56. The van der Waals surface area contributed by atoms with Gasteiger partial charge in [0.1, 0.15) is 5.75 Å². The van der Waals surface area contributed by atoms with Gasteiger partial charge >= 0.3 is 0 Å². The number of fused-ring (bicyclic) bond motifs is 1. The fourth-order valence-corrected chi connectivity index (χ4v) is 2.80. The van der Waals surface area contributed by atoms with Crippen molar-refractivity contribution in [2.24, 2.45) is 5.92 Å². The van der Waals surface area contributed by atoms with Gasteiger partial charge in [-0.05, 0) is 31.2 Å². The van der Waals surface area contributed by atoms with E-state index in [1.165, 1.54) is 12.8 Å². The van der Waals surface area contributed by atoms with E-state index in [1.807, 2.05) is 0 Å². The lowest BCUT2D eigenvalue weighted by Gasteiger charge is -2.27. The van der Waals surface area contributed by atoms with Crippen LogP contribution in [-0.4, -0.2) is 19.2 Å². The molecule has 19 heavy (non-hydrogen) atoms. The molecule has 1 aromatic rings. The van der Waals surface area contributed by atoms with Gasteiger partial charge in [-0.25, -0.2) is 0 Å². The lowest BCUT2D eigenvalue weighted by molar-refractivity contribution is 0.109. The standard InChI is InChI=1S/C15H18O4/c1-10-3-2-4-12(5-10)19-13-7-15-14(17-9-18-15)6-11(13)8-16/h6-8,10,12H,2-5,9H2,1H3. The van der Waals surface area contributed by atoms with Crippen molar-refractivity contribution < 1.29 is 19.0 Å². The Hall–Kier alpha value is -1.71. The average molecular weight is 262 g/mol. The summed E-state index contributed by atoms with van der Waals surface area (Å²) in [6.45, 7) is 2.45. The molecule has 1 heterocycles. The molecule has 2 aliphatic rings. The lowest BCUT2D eigenvalue weighted by Crippen LogP contribution is -2.24. The summed E-state index contributed by atoms with van der Waals surface area (Å²) in [4.78, 5) is 11.2. The summed E-state index contributed by atoms with van der Waals surface area (Å²) in [6, 6.07) is 3.46. The maximum absolute atomic E-state index is 11.2. The minimum absolute atomic E-state index is 0.197. The molecule has 0 spiro atoms. The molecule has 1 saturated carbocycles. The molecule has 4 heteroatoms. The number of ether oxygens (including phenoxy) is 3. The zero-order valence-corrected chi connectivity index (χ0v) is 11.1. The Morgan fingerprint density at radius 3 is 2.79 bits per heavy atom. The van der Waals surface area contributed by atoms with Crippen LogP contribution in [0.15, 0.2) is 12.1 Å². The third-order valence-corrected chi connectivity index (χ3v) is 3.81. The Morgan fingerprint density at radius 2 is 2.05 bits per heavy atom. The van der Waals surface area contributed by atoms with Crippen LogP contribution in [-0.2, 0) is 0 Å². The minimum atomic E-state index is 0.197. The molecule has 1 aromatic carbocycles. The van der Waals surface area contributed by atoms with Crippen LogP contribution < -0.4 is 14.2 Å². The van der Waals surface area contributed by atoms with Gasteiger partial charge in [-0.3, -0.25) is 4.79 Å². The lowest BCUT2D eigenvalue weighted by atomic mass is 9.88. The predicted molar refractivity (Wildman–Crippen MR) is 70.0 cm³/mol. The second-order valence-electron chi connectivity index (χ2n) is 5.37. The van der Waals surface area contributed by atoms with E-state index in [2.05, 4.69) is 6.92 Å². The van der Waals surface area contributed by atoms with Crippen LogP contribution in [0.25, 0.3) is 0 Å². The topological polar surface area (TPSA) is 44.8 Å². The van der Waals surface area contributed by atoms with E-state index in [-0.39, 0.29) is 12.9 Å². The van der Waals surface area contributed by atoms with Gasteiger partial charge in [-0.15, -0.1) is 0 Å². The molecule has 3 rings (SSSR count). The highest BCUT2D eigenvalue weighted by Crippen LogP contribution is 2.39. The van der Waals surface area contributed by atoms with E-state index in [4.69, 9.17) is 14.2 Å². The Kier molecular flexibility index (Phi) is 3.32. The number of carbonyl (C=O) groups is 1. The molecule has 1 aliphatic carbocycles. The quantitative estimate of drug-likeness (QED) is 0.785. The number of carbonyl (C=O) groups excluding carboxylic acids is 1. The van der Waals surface area contributed by atoms with Gasteiger partial charge < -0.3 is 14.2 Å². The summed E-state index contributed by atoms with van der Waals surface area (Å²) in [5, 5.41) is 0. The monoisotopic (exact) mass is 262 g/mol. The van der Waals surface area contributed by atoms with Crippen molar-refractivity contribution in [2.75, 3.05) is 6.79 Å². The van der Waals surface area contributed by atoms with Gasteiger partial charge in [-0.1, -0.05) is 13.3 Å². The second-order valence-corrected chi connectivity index (χ2v) is 5.37. The molecule has 0 bridgehead atoms. The summed E-state index contributed by atoms with van der Waals surface area (Å²) in [5.41, 5.74) is 0.530. The van der Waals surface area contributed by atoms with Crippen molar-refractivity contribution in [1.82, 2.24) is 0 Å². The Morgan fingerprint density at radius 1 is 1.26 bits per heavy atom. The molecule has 1 fully saturated rings. The molecule has 4 nitrogen and oxygen atoms in total. The Bertz CT molecular complexity index is 483.